The summed E-state index contributed by atoms with van der Waals surface area (Å²) in [6.07, 6.45) is 1.93. The summed E-state index contributed by atoms with van der Waals surface area (Å²) in [6.45, 7) is 1.86. The molecule has 1 aromatic carbocycles. The molecule has 1 saturated heterocycles. The highest BCUT2D eigenvalue weighted by Crippen LogP contribution is 2.28. The number of nitrogens with one attached hydrogen (secondary N) is 1. The molecular weight excluding hydrogens is 270 g/mol. The van der Waals surface area contributed by atoms with Gasteiger partial charge < -0.3 is 4.79 Å². The lowest BCUT2D eigenvalue weighted by Gasteiger charge is -2.21. The monoisotopic (exact) mass is 285 g/mol. The van der Waals surface area contributed by atoms with E-state index < -0.39 is 6.04 Å². The molecule has 108 valence electrons. The van der Waals surface area contributed by atoms with Gasteiger partial charge in [0.25, 0.3) is 5.91 Å². The van der Waals surface area contributed by atoms with Gasteiger partial charge in [0, 0.05) is 18.2 Å². The lowest BCUT2D eigenvalue weighted by atomic mass is 10.0. The van der Waals surface area contributed by atoms with Crippen molar-refractivity contribution in [3.05, 3.63) is 29.5 Å². The first-order valence-electron chi connectivity index (χ1n) is 6.86. The zero-order valence-electron chi connectivity index (χ0n) is 11.6. The van der Waals surface area contributed by atoms with E-state index in [-0.39, 0.29) is 11.8 Å². The minimum atomic E-state index is -0.481. The molecule has 0 saturated carbocycles. The van der Waals surface area contributed by atoms with E-state index >= 15 is 0 Å². The van der Waals surface area contributed by atoms with Crippen molar-refractivity contribution in [1.29, 1.82) is 0 Å². The maximum atomic E-state index is 12.0. The number of fused-ring (bicyclic) bond motifs is 1. The number of hydrogen-bond acceptors (Lipinski definition) is 4. The summed E-state index contributed by atoms with van der Waals surface area (Å²) in [5, 5.41) is 7.72. The molecule has 2 amide bonds. The number of rotatable bonds is 3. The largest absolute Gasteiger partial charge is 0.303 e. The quantitative estimate of drug-likeness (QED) is 0.675. The molecule has 0 aliphatic carbocycles. The summed E-state index contributed by atoms with van der Waals surface area (Å²) in [4.78, 5) is 34.1. The zero-order valence-corrected chi connectivity index (χ0v) is 11.6. The lowest BCUT2D eigenvalue weighted by molar-refractivity contribution is -0.135. The van der Waals surface area contributed by atoms with Crippen molar-refractivity contribution >= 4 is 29.0 Å². The molecule has 1 atom stereocenters. The number of aryl methyl sites for hydroxylation is 1. The van der Waals surface area contributed by atoms with Gasteiger partial charge in [0.1, 0.15) is 12.3 Å². The molecule has 3 rings (SSSR count). The highest BCUT2D eigenvalue weighted by atomic mass is 16.2. The van der Waals surface area contributed by atoms with Crippen LogP contribution in [0.15, 0.2) is 18.2 Å². The van der Waals surface area contributed by atoms with Crippen LogP contribution in [0.3, 0.4) is 0 Å². The van der Waals surface area contributed by atoms with Gasteiger partial charge >= 0.3 is 0 Å². The number of nitrogens with zero attached hydrogens (tertiary/aromatic N) is 2. The van der Waals surface area contributed by atoms with Crippen LogP contribution in [0.1, 0.15) is 30.1 Å². The fourth-order valence-electron chi connectivity index (χ4n) is 2.87. The van der Waals surface area contributed by atoms with Gasteiger partial charge in [0.15, 0.2) is 0 Å². The number of carbonyl (C=O) groups excluding carboxylic acids is 3. The number of amides is 2. The first kappa shape index (κ1) is 13.5. The van der Waals surface area contributed by atoms with Crippen molar-refractivity contribution in [2.75, 3.05) is 0 Å². The summed E-state index contributed by atoms with van der Waals surface area (Å²) in [7, 11) is 0. The molecule has 1 aliphatic rings. The van der Waals surface area contributed by atoms with Crippen molar-refractivity contribution in [3.63, 3.8) is 0 Å². The number of aldehydes is 1. The normalized spacial score (nSPS) is 18.8. The second kappa shape index (κ2) is 5.12. The third kappa shape index (κ3) is 2.22. The number of benzene rings is 1. The molecule has 6 nitrogen and oxygen atoms in total. The minimum absolute atomic E-state index is 0.244. The van der Waals surface area contributed by atoms with Crippen LogP contribution in [0.25, 0.3) is 10.9 Å². The SMILES string of the molecule is Cc1nn(C2CCC(=O)NC2=O)c2cccc(CC=O)c12. The Hall–Kier alpha value is -2.50. The van der Waals surface area contributed by atoms with E-state index in [0.717, 1.165) is 28.4 Å². The third-order valence-electron chi connectivity index (χ3n) is 3.80. The highest BCUT2D eigenvalue weighted by molar-refractivity contribution is 6.00. The van der Waals surface area contributed by atoms with Gasteiger partial charge in [-0.05, 0) is 25.0 Å². The van der Waals surface area contributed by atoms with Gasteiger partial charge in [-0.3, -0.25) is 19.6 Å². The molecule has 0 radical (unpaired) electrons. The summed E-state index contributed by atoms with van der Waals surface area (Å²) in [5.41, 5.74) is 2.51. The van der Waals surface area contributed by atoms with Crippen molar-refractivity contribution in [2.45, 2.75) is 32.2 Å². The number of piperidine rings is 1. The molecule has 1 fully saturated rings. The summed E-state index contributed by atoms with van der Waals surface area (Å²) in [6, 6.07) is 5.14. The van der Waals surface area contributed by atoms with Crippen LogP contribution in [0.5, 0.6) is 0 Å². The van der Waals surface area contributed by atoms with E-state index in [1.54, 1.807) is 4.68 Å². The average molecular weight is 285 g/mol. The van der Waals surface area contributed by atoms with Crippen LogP contribution in [0.4, 0.5) is 0 Å². The van der Waals surface area contributed by atoms with Gasteiger partial charge in [0.05, 0.1) is 11.2 Å². The second-order valence-electron chi connectivity index (χ2n) is 5.18. The first-order valence-corrected chi connectivity index (χ1v) is 6.86. The van der Waals surface area contributed by atoms with Gasteiger partial charge in [-0.1, -0.05) is 12.1 Å². The fraction of sp³-hybridized carbons (Fsp3) is 0.333. The summed E-state index contributed by atoms with van der Waals surface area (Å²) >= 11 is 0. The molecule has 0 spiro atoms. The Bertz CT molecular complexity index is 748. The summed E-state index contributed by atoms with van der Waals surface area (Å²) in [5.74, 6) is -0.567. The van der Waals surface area contributed by atoms with Crippen LogP contribution >= 0.6 is 0 Å². The lowest BCUT2D eigenvalue weighted by Crippen LogP contribution is -2.42. The van der Waals surface area contributed by atoms with E-state index in [1.165, 1.54) is 0 Å². The Morgan fingerprint density at radius 2 is 2.24 bits per heavy atom. The van der Waals surface area contributed by atoms with Crippen LogP contribution in [0.2, 0.25) is 0 Å². The van der Waals surface area contributed by atoms with E-state index in [4.69, 9.17) is 0 Å². The van der Waals surface area contributed by atoms with Crippen LogP contribution in [0, 0.1) is 6.92 Å². The zero-order chi connectivity index (χ0) is 15.0. The topological polar surface area (TPSA) is 81.1 Å². The van der Waals surface area contributed by atoms with Crippen molar-refractivity contribution in [1.82, 2.24) is 15.1 Å². The standard InChI is InChI=1S/C15H15N3O3/c1-9-14-10(7-8-19)3-2-4-11(14)18(17-9)12-5-6-13(20)16-15(12)21/h2-4,8,12H,5-7H2,1H3,(H,16,20,21). The minimum Gasteiger partial charge on any atom is -0.303 e. The molecule has 6 heteroatoms. The van der Waals surface area contributed by atoms with E-state index in [0.29, 0.717) is 19.3 Å². The molecule has 1 unspecified atom stereocenters. The Kier molecular flexibility index (Phi) is 3.29. The smallest absolute Gasteiger partial charge is 0.251 e. The van der Waals surface area contributed by atoms with Crippen LogP contribution < -0.4 is 5.32 Å². The Morgan fingerprint density at radius 3 is 2.95 bits per heavy atom. The highest BCUT2D eigenvalue weighted by Gasteiger charge is 2.30. The Balaban J connectivity index is 2.12. The molecule has 1 aromatic heterocycles. The van der Waals surface area contributed by atoms with Gasteiger partial charge in [-0.25, -0.2) is 0 Å². The molecule has 2 heterocycles. The van der Waals surface area contributed by atoms with E-state index in [9.17, 15) is 14.4 Å². The molecule has 0 bridgehead atoms. The van der Waals surface area contributed by atoms with Crippen LogP contribution in [-0.2, 0) is 20.8 Å². The van der Waals surface area contributed by atoms with Crippen molar-refractivity contribution < 1.29 is 14.4 Å². The molecular formula is C15H15N3O3. The van der Waals surface area contributed by atoms with E-state index in [1.807, 2.05) is 25.1 Å². The third-order valence-corrected chi connectivity index (χ3v) is 3.80. The first-order chi connectivity index (χ1) is 10.1. The maximum absolute atomic E-state index is 12.0. The Labute approximate surface area is 121 Å². The molecule has 21 heavy (non-hydrogen) atoms. The van der Waals surface area contributed by atoms with Crippen molar-refractivity contribution in [2.24, 2.45) is 0 Å². The summed E-state index contributed by atoms with van der Waals surface area (Å²) < 4.78 is 1.67. The fourth-order valence-corrected chi connectivity index (χ4v) is 2.87. The molecule has 1 aliphatic heterocycles. The number of imide groups is 1. The molecule has 2 aromatic rings. The van der Waals surface area contributed by atoms with E-state index in [2.05, 4.69) is 10.4 Å². The predicted molar refractivity (Wildman–Crippen MR) is 75.7 cm³/mol. The Morgan fingerprint density at radius 1 is 1.43 bits per heavy atom. The average Bonchev–Trinajstić information content (AvgIpc) is 2.78. The van der Waals surface area contributed by atoms with Crippen molar-refractivity contribution in [3.8, 4) is 0 Å². The number of aromatic nitrogens is 2. The maximum Gasteiger partial charge on any atom is 0.251 e. The predicted octanol–water partition coefficient (Wildman–Crippen LogP) is 1.06. The van der Waals surface area contributed by atoms with Crippen LogP contribution in [-0.4, -0.2) is 27.9 Å². The van der Waals surface area contributed by atoms with Gasteiger partial charge in [-0.2, -0.15) is 5.10 Å². The second-order valence-corrected chi connectivity index (χ2v) is 5.18. The van der Waals surface area contributed by atoms with Gasteiger partial charge in [-0.15, -0.1) is 0 Å². The number of carbonyl (C=O) groups is 3. The number of hydrogen-bond donors (Lipinski definition) is 1. The molecule has 1 N–H and O–H groups in total. The van der Waals surface area contributed by atoms with Gasteiger partial charge in [0.2, 0.25) is 5.91 Å².